The lowest BCUT2D eigenvalue weighted by atomic mass is 9.80. The molecule has 3 N–H and O–H groups in total. The molecule has 1 aromatic heterocycles. The van der Waals surface area contributed by atoms with Gasteiger partial charge in [0.2, 0.25) is 0 Å². The third kappa shape index (κ3) is 1.95. The quantitative estimate of drug-likeness (QED) is 0.739. The van der Waals surface area contributed by atoms with Gasteiger partial charge in [-0.15, -0.1) is 0 Å². The molecule has 2 heterocycles. The lowest BCUT2D eigenvalue weighted by molar-refractivity contribution is -0.147. The summed E-state index contributed by atoms with van der Waals surface area (Å²) in [5.41, 5.74) is 0.553. The molecule has 0 aromatic carbocycles. The molecule has 0 bridgehead atoms. The van der Waals surface area contributed by atoms with E-state index in [0.29, 0.717) is 12.1 Å². The smallest absolute Gasteiger partial charge is 0.330 e. The van der Waals surface area contributed by atoms with E-state index in [0.717, 1.165) is 12.1 Å². The average molecular weight is 237 g/mol. The Bertz CT molecular complexity index is 427. The number of fused-ring (bicyclic) bond motifs is 1. The predicted molar refractivity (Wildman–Crippen MR) is 63.7 cm³/mol. The number of nitrogens with zero attached hydrogens (tertiary/aromatic N) is 1. The molecule has 0 radical (unpaired) electrons. The van der Waals surface area contributed by atoms with Crippen LogP contribution in [0.1, 0.15) is 38.6 Å². The molecule has 0 aliphatic carbocycles. The number of carboxylic acid groups (broad SMARTS) is 1. The number of aromatic nitrogens is 2. The van der Waals surface area contributed by atoms with E-state index in [9.17, 15) is 9.90 Å². The first kappa shape index (κ1) is 12.1. The van der Waals surface area contributed by atoms with Crippen LogP contribution in [0.25, 0.3) is 0 Å². The monoisotopic (exact) mass is 237 g/mol. The number of nitrogens with one attached hydrogen (secondary N) is 2. The lowest BCUT2D eigenvalue weighted by Gasteiger charge is -2.38. The number of carbonyl (C=O) groups is 1. The summed E-state index contributed by atoms with van der Waals surface area (Å²) in [6, 6.07) is 0.137. The van der Waals surface area contributed by atoms with Crippen molar-refractivity contribution in [2.75, 3.05) is 0 Å². The Hall–Kier alpha value is -1.36. The molecule has 1 aliphatic heterocycles. The van der Waals surface area contributed by atoms with Crippen LogP contribution >= 0.6 is 0 Å². The first-order valence-corrected chi connectivity index (χ1v) is 5.99. The zero-order chi connectivity index (χ0) is 12.6. The Balaban J connectivity index is 2.49. The fraction of sp³-hybridized carbons (Fsp3) is 0.667. The van der Waals surface area contributed by atoms with Crippen LogP contribution in [0.5, 0.6) is 0 Å². The standard InChI is InChI=1S/C12H19N3O2/c1-7(2)5-12(11(16)17)10-9(13-6-14-10)4-8(3)15-12/h6-8,15H,4-5H2,1-3H3,(H,13,14)(H,16,17)/t8-,12-/m0/s1. The minimum Gasteiger partial charge on any atom is -0.480 e. The Morgan fingerprint density at radius 1 is 1.71 bits per heavy atom. The number of H-pyrrole nitrogens is 1. The Labute approximate surface area is 101 Å². The first-order valence-electron chi connectivity index (χ1n) is 5.99. The van der Waals surface area contributed by atoms with Gasteiger partial charge in [0, 0.05) is 18.2 Å². The maximum Gasteiger partial charge on any atom is 0.330 e. The summed E-state index contributed by atoms with van der Waals surface area (Å²) < 4.78 is 0. The minimum absolute atomic E-state index is 0.137. The molecule has 0 spiro atoms. The summed E-state index contributed by atoms with van der Waals surface area (Å²) in [4.78, 5) is 19.0. The van der Waals surface area contributed by atoms with Crippen molar-refractivity contribution in [1.29, 1.82) is 0 Å². The lowest BCUT2D eigenvalue weighted by Crippen LogP contribution is -2.57. The second-order valence-electron chi connectivity index (χ2n) is 5.29. The molecule has 94 valence electrons. The van der Waals surface area contributed by atoms with Crippen LogP contribution in [0.3, 0.4) is 0 Å². The summed E-state index contributed by atoms with van der Waals surface area (Å²) in [7, 11) is 0. The van der Waals surface area contributed by atoms with Gasteiger partial charge in [-0.25, -0.2) is 9.78 Å². The maximum absolute atomic E-state index is 11.7. The summed E-state index contributed by atoms with van der Waals surface area (Å²) in [5, 5.41) is 12.8. The van der Waals surface area contributed by atoms with Gasteiger partial charge >= 0.3 is 5.97 Å². The normalized spacial score (nSPS) is 28.1. The minimum atomic E-state index is -1.04. The van der Waals surface area contributed by atoms with E-state index in [1.165, 1.54) is 0 Å². The van der Waals surface area contributed by atoms with Crippen LogP contribution in [0.15, 0.2) is 6.33 Å². The highest BCUT2D eigenvalue weighted by atomic mass is 16.4. The second kappa shape index (κ2) is 4.14. The molecule has 0 unspecified atom stereocenters. The Kier molecular flexibility index (Phi) is 2.95. The summed E-state index contributed by atoms with van der Waals surface area (Å²) in [6.07, 6.45) is 2.93. The molecule has 1 aromatic rings. The van der Waals surface area contributed by atoms with E-state index in [-0.39, 0.29) is 12.0 Å². The van der Waals surface area contributed by atoms with E-state index in [2.05, 4.69) is 15.3 Å². The van der Waals surface area contributed by atoms with E-state index < -0.39 is 11.5 Å². The van der Waals surface area contributed by atoms with Crippen LogP contribution in [-0.2, 0) is 16.8 Å². The van der Waals surface area contributed by atoms with Gasteiger partial charge in [0.15, 0.2) is 5.54 Å². The number of rotatable bonds is 3. The van der Waals surface area contributed by atoms with E-state index in [4.69, 9.17) is 0 Å². The van der Waals surface area contributed by atoms with E-state index >= 15 is 0 Å². The van der Waals surface area contributed by atoms with Crippen LogP contribution in [0, 0.1) is 5.92 Å². The fourth-order valence-corrected chi connectivity index (χ4v) is 2.71. The second-order valence-corrected chi connectivity index (χ2v) is 5.29. The number of aromatic amines is 1. The molecular weight excluding hydrogens is 218 g/mol. The third-order valence-electron chi connectivity index (χ3n) is 3.21. The van der Waals surface area contributed by atoms with Gasteiger partial charge < -0.3 is 10.1 Å². The van der Waals surface area contributed by atoms with Crippen LogP contribution in [0.2, 0.25) is 0 Å². The number of imidazole rings is 1. The fourth-order valence-electron chi connectivity index (χ4n) is 2.71. The summed E-state index contributed by atoms with van der Waals surface area (Å²) in [5.74, 6) is -0.556. The van der Waals surface area contributed by atoms with Crippen molar-refractivity contribution in [3.8, 4) is 0 Å². The number of hydrogen-bond acceptors (Lipinski definition) is 3. The molecule has 0 saturated carbocycles. The zero-order valence-electron chi connectivity index (χ0n) is 10.4. The van der Waals surface area contributed by atoms with Crippen molar-refractivity contribution in [2.24, 2.45) is 5.92 Å². The first-order chi connectivity index (χ1) is 7.95. The third-order valence-corrected chi connectivity index (χ3v) is 3.21. The van der Waals surface area contributed by atoms with Crippen molar-refractivity contribution >= 4 is 5.97 Å². The van der Waals surface area contributed by atoms with Gasteiger partial charge in [0.1, 0.15) is 0 Å². The molecule has 2 atom stereocenters. The SMILES string of the molecule is CC(C)C[C@]1(C(=O)O)N[C@@H](C)Cc2[nH]cnc21. The van der Waals surface area contributed by atoms with Crippen LogP contribution in [0.4, 0.5) is 0 Å². The molecule has 0 fully saturated rings. The van der Waals surface area contributed by atoms with Gasteiger partial charge in [-0.1, -0.05) is 13.8 Å². The van der Waals surface area contributed by atoms with Crippen molar-refractivity contribution < 1.29 is 9.90 Å². The number of hydrogen-bond donors (Lipinski definition) is 3. The summed E-state index contributed by atoms with van der Waals surface area (Å²) in [6.45, 7) is 6.05. The number of carboxylic acids is 1. The van der Waals surface area contributed by atoms with Crippen LogP contribution in [-0.4, -0.2) is 27.1 Å². The van der Waals surface area contributed by atoms with Gasteiger partial charge in [0.25, 0.3) is 0 Å². The highest BCUT2D eigenvalue weighted by Crippen LogP contribution is 2.34. The van der Waals surface area contributed by atoms with Crippen LogP contribution < -0.4 is 5.32 Å². The summed E-state index contributed by atoms with van der Waals surface area (Å²) >= 11 is 0. The highest BCUT2D eigenvalue weighted by molar-refractivity contribution is 5.81. The van der Waals surface area contributed by atoms with Gasteiger partial charge in [-0.3, -0.25) is 5.32 Å². The molecule has 0 amide bonds. The topological polar surface area (TPSA) is 78.0 Å². The maximum atomic E-state index is 11.7. The zero-order valence-corrected chi connectivity index (χ0v) is 10.4. The van der Waals surface area contributed by atoms with Crippen molar-refractivity contribution in [2.45, 2.75) is 45.2 Å². The van der Waals surface area contributed by atoms with E-state index in [1.807, 2.05) is 20.8 Å². The van der Waals surface area contributed by atoms with Gasteiger partial charge in [0.05, 0.1) is 12.0 Å². The average Bonchev–Trinajstić information content (AvgIpc) is 2.64. The molecule has 1 aliphatic rings. The molecule has 5 nitrogen and oxygen atoms in total. The van der Waals surface area contributed by atoms with E-state index in [1.54, 1.807) is 6.33 Å². The molecule has 17 heavy (non-hydrogen) atoms. The molecule has 5 heteroatoms. The van der Waals surface area contributed by atoms with Gasteiger partial charge in [-0.2, -0.15) is 0 Å². The van der Waals surface area contributed by atoms with Crippen molar-refractivity contribution in [1.82, 2.24) is 15.3 Å². The molecule has 2 rings (SSSR count). The highest BCUT2D eigenvalue weighted by Gasteiger charge is 2.47. The Morgan fingerprint density at radius 2 is 2.41 bits per heavy atom. The van der Waals surface area contributed by atoms with Crippen molar-refractivity contribution in [3.05, 3.63) is 17.7 Å². The largest absolute Gasteiger partial charge is 0.480 e. The van der Waals surface area contributed by atoms with Crippen molar-refractivity contribution in [3.63, 3.8) is 0 Å². The number of aliphatic carboxylic acids is 1. The molecular formula is C12H19N3O2. The Morgan fingerprint density at radius 3 is 3.00 bits per heavy atom. The predicted octanol–water partition coefficient (Wildman–Crippen LogP) is 1.27. The molecule has 0 saturated heterocycles. The van der Waals surface area contributed by atoms with Gasteiger partial charge in [-0.05, 0) is 19.3 Å².